The predicted molar refractivity (Wildman–Crippen MR) is 110 cm³/mol. The first kappa shape index (κ1) is 20.8. The molecule has 6 nitrogen and oxygen atoms in total. The van der Waals surface area contributed by atoms with Crippen molar-refractivity contribution in [3.05, 3.63) is 59.1 Å². The fraction of sp³-hybridized carbons (Fsp3) is 0.350. The van der Waals surface area contributed by atoms with Crippen LogP contribution in [0.3, 0.4) is 0 Å². The van der Waals surface area contributed by atoms with Crippen LogP contribution in [0, 0.1) is 0 Å². The number of sulfonamides is 1. The highest BCUT2D eigenvalue weighted by atomic mass is 35.5. The maximum atomic E-state index is 12.9. The number of quaternary nitrogens is 1. The Balaban J connectivity index is 1.70. The van der Waals surface area contributed by atoms with E-state index in [1.54, 1.807) is 43.4 Å². The minimum atomic E-state index is -3.57. The van der Waals surface area contributed by atoms with Crippen molar-refractivity contribution in [2.45, 2.75) is 23.8 Å². The molecule has 3 rings (SSSR count). The van der Waals surface area contributed by atoms with Gasteiger partial charge in [-0.05, 0) is 42.5 Å². The molecule has 2 aromatic carbocycles. The van der Waals surface area contributed by atoms with Crippen LogP contribution in [-0.2, 0) is 10.0 Å². The molecule has 1 heterocycles. The van der Waals surface area contributed by atoms with Crippen LogP contribution in [0.2, 0.25) is 5.02 Å². The van der Waals surface area contributed by atoms with Gasteiger partial charge in [-0.3, -0.25) is 4.79 Å². The van der Waals surface area contributed by atoms with Crippen LogP contribution in [0.25, 0.3) is 0 Å². The molecule has 0 saturated carbocycles. The summed E-state index contributed by atoms with van der Waals surface area (Å²) < 4.78 is 27.3. The zero-order chi connectivity index (χ0) is 20.3. The Morgan fingerprint density at radius 1 is 1.14 bits per heavy atom. The number of carbonyl (C=O) groups is 1. The number of rotatable bonds is 5. The third-order valence-corrected chi connectivity index (χ3v) is 7.36. The number of nitrogens with one attached hydrogen (secondary N) is 2. The molecule has 1 aliphatic rings. The summed E-state index contributed by atoms with van der Waals surface area (Å²) in [7, 11) is 0.209. The van der Waals surface area contributed by atoms with Crippen LogP contribution in [0.1, 0.15) is 23.2 Å². The van der Waals surface area contributed by atoms with Gasteiger partial charge in [-0.2, -0.15) is 4.31 Å². The van der Waals surface area contributed by atoms with Gasteiger partial charge in [-0.15, -0.1) is 0 Å². The summed E-state index contributed by atoms with van der Waals surface area (Å²) >= 11 is 5.91. The predicted octanol–water partition coefficient (Wildman–Crippen LogP) is 1.89. The molecule has 0 atom stereocenters. The van der Waals surface area contributed by atoms with Gasteiger partial charge in [-0.25, -0.2) is 8.42 Å². The van der Waals surface area contributed by atoms with E-state index in [4.69, 9.17) is 11.6 Å². The summed E-state index contributed by atoms with van der Waals surface area (Å²) in [5.74, 6) is -0.302. The van der Waals surface area contributed by atoms with Crippen LogP contribution < -0.4 is 10.2 Å². The lowest BCUT2D eigenvalue weighted by Crippen LogP contribution is -3.10. The lowest BCUT2D eigenvalue weighted by atomic mass is 10.1. The van der Waals surface area contributed by atoms with E-state index in [0.717, 1.165) is 25.9 Å². The number of amides is 1. The first-order valence-electron chi connectivity index (χ1n) is 9.23. The van der Waals surface area contributed by atoms with Gasteiger partial charge in [0.1, 0.15) is 0 Å². The summed E-state index contributed by atoms with van der Waals surface area (Å²) in [4.78, 5) is 13.9. The number of likely N-dealkylation sites (tertiary alicyclic amines) is 1. The lowest BCUT2D eigenvalue weighted by Gasteiger charge is -2.32. The molecule has 0 spiro atoms. The number of hydrogen-bond acceptors (Lipinski definition) is 3. The molecule has 8 heteroatoms. The van der Waals surface area contributed by atoms with E-state index in [2.05, 4.69) is 12.4 Å². The third-order valence-electron chi connectivity index (χ3n) is 5.20. The molecule has 2 aromatic rings. The van der Waals surface area contributed by atoms with Gasteiger partial charge in [0, 0.05) is 42.2 Å². The Bertz CT molecular complexity index is 939. The number of nitrogens with zero attached hydrogens (tertiary/aromatic N) is 1. The summed E-state index contributed by atoms with van der Waals surface area (Å²) in [5, 5.41) is 3.23. The fourth-order valence-electron chi connectivity index (χ4n) is 3.36. The van der Waals surface area contributed by atoms with E-state index < -0.39 is 10.0 Å². The smallest absolute Gasteiger partial charge is 0.255 e. The molecular weight excluding hydrogens is 398 g/mol. The van der Waals surface area contributed by atoms with Crippen molar-refractivity contribution in [3.63, 3.8) is 0 Å². The van der Waals surface area contributed by atoms with Crippen molar-refractivity contribution in [2.24, 2.45) is 0 Å². The second kappa shape index (κ2) is 8.61. The lowest BCUT2D eigenvalue weighted by molar-refractivity contribution is -0.885. The Morgan fingerprint density at radius 2 is 1.79 bits per heavy atom. The van der Waals surface area contributed by atoms with Gasteiger partial charge >= 0.3 is 0 Å². The highest BCUT2D eigenvalue weighted by Crippen LogP contribution is 2.22. The fourth-order valence-corrected chi connectivity index (χ4v) is 4.97. The SMILES string of the molecule is CN(C1CC[NH+](C)CC1)S(=O)(=O)c1ccc(NC(=O)c2cccc(Cl)c2)cc1. The van der Waals surface area contributed by atoms with E-state index in [1.165, 1.54) is 21.3 Å². The molecule has 2 N–H and O–H groups in total. The molecule has 0 aliphatic carbocycles. The summed E-state index contributed by atoms with van der Waals surface area (Å²) in [6.07, 6.45) is 1.71. The van der Waals surface area contributed by atoms with Crippen molar-refractivity contribution in [3.8, 4) is 0 Å². The molecule has 1 aliphatic heterocycles. The van der Waals surface area contributed by atoms with Crippen LogP contribution >= 0.6 is 11.6 Å². The largest absolute Gasteiger partial charge is 0.337 e. The van der Waals surface area contributed by atoms with Gasteiger partial charge in [-0.1, -0.05) is 17.7 Å². The van der Waals surface area contributed by atoms with Crippen molar-refractivity contribution in [2.75, 3.05) is 32.5 Å². The average Bonchev–Trinajstić information content (AvgIpc) is 2.68. The first-order chi connectivity index (χ1) is 13.3. The molecular formula is C20H25ClN3O3S+. The van der Waals surface area contributed by atoms with E-state index in [0.29, 0.717) is 16.3 Å². The second-order valence-electron chi connectivity index (χ2n) is 7.20. The second-order valence-corrected chi connectivity index (χ2v) is 9.63. The van der Waals surface area contributed by atoms with E-state index in [9.17, 15) is 13.2 Å². The zero-order valence-electron chi connectivity index (χ0n) is 16.0. The van der Waals surface area contributed by atoms with Crippen molar-refractivity contribution in [1.82, 2.24) is 4.31 Å². The Labute approximate surface area is 171 Å². The maximum Gasteiger partial charge on any atom is 0.255 e. The molecule has 1 saturated heterocycles. The van der Waals surface area contributed by atoms with Gasteiger partial charge in [0.2, 0.25) is 10.0 Å². The van der Waals surface area contributed by atoms with E-state index in [-0.39, 0.29) is 16.8 Å². The zero-order valence-corrected chi connectivity index (χ0v) is 17.6. The minimum Gasteiger partial charge on any atom is -0.337 e. The van der Waals surface area contributed by atoms with Crippen LogP contribution in [-0.4, -0.2) is 51.9 Å². The number of piperidine rings is 1. The quantitative estimate of drug-likeness (QED) is 0.773. The summed E-state index contributed by atoms with van der Waals surface area (Å²) in [6, 6.07) is 12.9. The Kier molecular flexibility index (Phi) is 6.40. The third kappa shape index (κ3) is 4.72. The maximum absolute atomic E-state index is 12.9. The topological polar surface area (TPSA) is 70.9 Å². The Hall–Kier alpha value is -1.93. The molecule has 0 bridgehead atoms. The monoisotopic (exact) mass is 422 g/mol. The molecule has 150 valence electrons. The number of hydrogen-bond donors (Lipinski definition) is 2. The molecule has 0 radical (unpaired) electrons. The molecule has 1 amide bonds. The number of anilines is 1. The summed E-state index contributed by atoms with van der Waals surface area (Å²) in [6.45, 7) is 1.94. The van der Waals surface area contributed by atoms with Gasteiger partial charge in [0.25, 0.3) is 5.91 Å². The van der Waals surface area contributed by atoms with Crippen molar-refractivity contribution >= 4 is 33.2 Å². The van der Waals surface area contributed by atoms with Gasteiger partial charge in [0.05, 0.1) is 25.0 Å². The number of benzene rings is 2. The molecule has 0 aromatic heterocycles. The summed E-state index contributed by atoms with van der Waals surface area (Å²) in [5.41, 5.74) is 0.961. The average molecular weight is 423 g/mol. The minimum absolute atomic E-state index is 0.0240. The van der Waals surface area contributed by atoms with Crippen molar-refractivity contribution in [1.29, 1.82) is 0 Å². The van der Waals surface area contributed by atoms with Crippen molar-refractivity contribution < 1.29 is 18.1 Å². The molecule has 28 heavy (non-hydrogen) atoms. The highest BCUT2D eigenvalue weighted by Gasteiger charge is 2.31. The molecule has 1 fully saturated rings. The Morgan fingerprint density at radius 3 is 2.39 bits per heavy atom. The van der Waals surface area contributed by atoms with Crippen LogP contribution in [0.5, 0.6) is 0 Å². The van der Waals surface area contributed by atoms with E-state index >= 15 is 0 Å². The number of halogens is 1. The molecule has 0 unspecified atom stereocenters. The first-order valence-corrected chi connectivity index (χ1v) is 11.1. The van der Waals surface area contributed by atoms with Crippen LogP contribution in [0.4, 0.5) is 5.69 Å². The standard InChI is InChI=1S/C20H24ClN3O3S/c1-23-12-10-18(11-13-23)24(2)28(26,27)19-8-6-17(7-9-19)22-20(25)15-4-3-5-16(21)14-15/h3-9,14,18H,10-13H2,1-2H3,(H,22,25)/p+1. The highest BCUT2D eigenvalue weighted by molar-refractivity contribution is 7.89. The van der Waals surface area contributed by atoms with Gasteiger partial charge < -0.3 is 10.2 Å². The normalized spacial score (nSPS) is 20.1. The number of carbonyl (C=O) groups excluding carboxylic acids is 1. The van der Waals surface area contributed by atoms with E-state index in [1.807, 2.05) is 0 Å². The van der Waals surface area contributed by atoms with Crippen LogP contribution in [0.15, 0.2) is 53.4 Å². The van der Waals surface area contributed by atoms with Gasteiger partial charge in [0.15, 0.2) is 0 Å².